The fourth-order valence-corrected chi connectivity index (χ4v) is 1.90. The maximum absolute atomic E-state index is 12.5. The number of alkyl halides is 3. The molecular formula is C12H11F3N2O5. The van der Waals surface area contributed by atoms with E-state index in [0.29, 0.717) is 6.20 Å². The summed E-state index contributed by atoms with van der Waals surface area (Å²) in [6.07, 6.45) is -7.68. The fourth-order valence-electron chi connectivity index (χ4n) is 1.90. The van der Waals surface area contributed by atoms with Crippen molar-refractivity contribution in [2.75, 3.05) is 18.1 Å². The molecule has 0 bridgehead atoms. The number of ether oxygens (including phenoxy) is 1. The number of aliphatic hydroxyl groups excluding tert-OH is 1. The number of carbonyl (C=O) groups excluding carboxylic acids is 1. The van der Waals surface area contributed by atoms with Gasteiger partial charge >= 0.3 is 12.1 Å². The molecule has 0 unspecified atom stereocenters. The van der Waals surface area contributed by atoms with E-state index in [9.17, 15) is 27.9 Å². The summed E-state index contributed by atoms with van der Waals surface area (Å²) in [6, 6.07) is 1.75. The number of carboxylic acids is 1. The Morgan fingerprint density at radius 2 is 2.14 bits per heavy atom. The molecule has 0 aliphatic carbocycles. The summed E-state index contributed by atoms with van der Waals surface area (Å²) < 4.78 is 42.3. The minimum Gasteiger partial charge on any atom is -0.479 e. The van der Waals surface area contributed by atoms with Crippen LogP contribution < -0.4 is 4.90 Å². The van der Waals surface area contributed by atoms with E-state index < -0.39 is 35.8 Å². The van der Waals surface area contributed by atoms with Gasteiger partial charge in [0.25, 0.3) is 5.91 Å². The number of rotatable bonds is 3. The Bertz CT molecular complexity index is 575. The molecule has 1 aliphatic heterocycles. The van der Waals surface area contributed by atoms with Crippen molar-refractivity contribution in [1.82, 2.24) is 4.98 Å². The largest absolute Gasteiger partial charge is 0.479 e. The molecule has 0 aromatic carbocycles. The second-order valence-electron chi connectivity index (χ2n) is 4.47. The third kappa shape index (κ3) is 3.17. The highest BCUT2D eigenvalue weighted by Crippen LogP contribution is 2.29. The van der Waals surface area contributed by atoms with Gasteiger partial charge in [-0.1, -0.05) is 0 Å². The van der Waals surface area contributed by atoms with Crippen molar-refractivity contribution in [3.05, 3.63) is 23.9 Å². The number of aromatic nitrogens is 1. The number of anilines is 1. The molecule has 10 heteroatoms. The summed E-state index contributed by atoms with van der Waals surface area (Å²) >= 11 is 0. The molecule has 22 heavy (non-hydrogen) atoms. The zero-order valence-corrected chi connectivity index (χ0v) is 10.9. The van der Waals surface area contributed by atoms with E-state index in [1.54, 1.807) is 0 Å². The molecule has 0 radical (unpaired) electrons. The van der Waals surface area contributed by atoms with Gasteiger partial charge in [0.15, 0.2) is 12.2 Å². The minimum atomic E-state index is -4.55. The van der Waals surface area contributed by atoms with E-state index in [4.69, 9.17) is 9.84 Å². The standard InChI is InChI=1S/C12H11F3N2O5/c13-12(14,15)6-1-2-7(16-5-6)17-3-4-22-9(10(17)19)8(18)11(20)21/h1-2,5,8-9,18H,3-4H2,(H,20,21)/t8-,9-/m1/s1. The predicted molar refractivity (Wildman–Crippen MR) is 65.0 cm³/mol. The number of morpholine rings is 1. The molecule has 2 heterocycles. The van der Waals surface area contributed by atoms with Gasteiger partial charge in [0.1, 0.15) is 5.82 Å². The Hall–Kier alpha value is -2.20. The first kappa shape index (κ1) is 16.2. The van der Waals surface area contributed by atoms with Crippen LogP contribution in [-0.2, 0) is 20.5 Å². The van der Waals surface area contributed by atoms with Crippen molar-refractivity contribution in [2.45, 2.75) is 18.4 Å². The lowest BCUT2D eigenvalue weighted by atomic mass is 10.1. The molecule has 0 spiro atoms. The molecule has 120 valence electrons. The summed E-state index contributed by atoms with van der Waals surface area (Å²) in [6.45, 7) is -0.0938. The normalized spacial score (nSPS) is 20.8. The maximum Gasteiger partial charge on any atom is 0.417 e. The lowest BCUT2D eigenvalue weighted by molar-refractivity contribution is -0.163. The van der Waals surface area contributed by atoms with Crippen molar-refractivity contribution in [3.8, 4) is 0 Å². The molecule has 1 fully saturated rings. The van der Waals surface area contributed by atoms with Crippen LogP contribution in [0.25, 0.3) is 0 Å². The number of halogens is 3. The second kappa shape index (κ2) is 5.89. The number of carboxylic acid groups (broad SMARTS) is 1. The number of aliphatic carboxylic acids is 1. The predicted octanol–water partition coefficient (Wildman–Crippen LogP) is 0.278. The van der Waals surface area contributed by atoms with E-state index in [2.05, 4.69) is 4.98 Å². The second-order valence-corrected chi connectivity index (χ2v) is 4.47. The monoisotopic (exact) mass is 320 g/mol. The van der Waals surface area contributed by atoms with Crippen LogP contribution in [0.2, 0.25) is 0 Å². The van der Waals surface area contributed by atoms with E-state index >= 15 is 0 Å². The fraction of sp³-hybridized carbons (Fsp3) is 0.417. The van der Waals surface area contributed by atoms with Gasteiger partial charge in [-0.3, -0.25) is 9.69 Å². The molecule has 1 aliphatic rings. The van der Waals surface area contributed by atoms with Crippen LogP contribution >= 0.6 is 0 Å². The summed E-state index contributed by atoms with van der Waals surface area (Å²) in [4.78, 5) is 27.3. The van der Waals surface area contributed by atoms with Crippen LogP contribution in [0, 0.1) is 0 Å². The van der Waals surface area contributed by atoms with Crippen molar-refractivity contribution < 1.29 is 37.7 Å². The van der Waals surface area contributed by atoms with Crippen LogP contribution in [0.15, 0.2) is 18.3 Å². The molecule has 2 atom stereocenters. The Kier molecular flexibility index (Phi) is 4.33. The number of amides is 1. The van der Waals surface area contributed by atoms with Gasteiger partial charge in [-0.15, -0.1) is 0 Å². The van der Waals surface area contributed by atoms with E-state index in [1.807, 2.05) is 0 Å². The van der Waals surface area contributed by atoms with Crippen molar-refractivity contribution in [3.63, 3.8) is 0 Å². The summed E-state index contributed by atoms with van der Waals surface area (Å²) in [5.41, 5.74) is -0.973. The van der Waals surface area contributed by atoms with Crippen LogP contribution in [0.5, 0.6) is 0 Å². The number of carbonyl (C=O) groups is 2. The highest BCUT2D eigenvalue weighted by Gasteiger charge is 2.40. The van der Waals surface area contributed by atoms with Crippen molar-refractivity contribution in [1.29, 1.82) is 0 Å². The van der Waals surface area contributed by atoms with Crippen molar-refractivity contribution >= 4 is 17.7 Å². The summed E-state index contributed by atoms with van der Waals surface area (Å²) in [5, 5.41) is 18.1. The number of hydrogen-bond acceptors (Lipinski definition) is 5. The summed E-state index contributed by atoms with van der Waals surface area (Å²) in [5.74, 6) is -2.60. The zero-order chi connectivity index (χ0) is 16.5. The molecule has 1 amide bonds. The Morgan fingerprint density at radius 1 is 1.45 bits per heavy atom. The Morgan fingerprint density at radius 3 is 2.64 bits per heavy atom. The number of hydrogen-bond donors (Lipinski definition) is 2. The first-order chi connectivity index (χ1) is 10.2. The molecular weight excluding hydrogens is 309 g/mol. The minimum absolute atomic E-state index is 0.0139. The van der Waals surface area contributed by atoms with Gasteiger partial charge in [0.05, 0.1) is 18.7 Å². The number of nitrogens with zero attached hydrogens (tertiary/aromatic N) is 2. The molecule has 1 saturated heterocycles. The number of pyridine rings is 1. The summed E-state index contributed by atoms with van der Waals surface area (Å²) in [7, 11) is 0. The Balaban J connectivity index is 2.21. The number of aliphatic hydroxyl groups is 1. The third-order valence-corrected chi connectivity index (χ3v) is 3.01. The van der Waals surface area contributed by atoms with Gasteiger partial charge in [-0.2, -0.15) is 13.2 Å². The molecule has 2 rings (SSSR count). The van der Waals surface area contributed by atoms with Crippen LogP contribution in [0.4, 0.5) is 19.0 Å². The smallest absolute Gasteiger partial charge is 0.417 e. The zero-order valence-electron chi connectivity index (χ0n) is 10.9. The SMILES string of the molecule is O=C(O)[C@H](O)[C@H]1OCCN(c2ccc(C(F)(F)F)cn2)C1=O. The van der Waals surface area contributed by atoms with Crippen LogP contribution in [0.1, 0.15) is 5.56 Å². The Labute approximate surface area is 121 Å². The van der Waals surface area contributed by atoms with E-state index in [-0.39, 0.29) is 19.0 Å². The molecule has 2 N–H and O–H groups in total. The van der Waals surface area contributed by atoms with E-state index in [0.717, 1.165) is 17.0 Å². The quantitative estimate of drug-likeness (QED) is 0.830. The van der Waals surface area contributed by atoms with Crippen LogP contribution in [-0.4, -0.2) is 52.4 Å². The van der Waals surface area contributed by atoms with Gasteiger partial charge in [-0.25, -0.2) is 9.78 Å². The topological polar surface area (TPSA) is 100.0 Å². The maximum atomic E-state index is 12.5. The molecule has 0 saturated carbocycles. The first-order valence-corrected chi connectivity index (χ1v) is 6.09. The van der Waals surface area contributed by atoms with Crippen molar-refractivity contribution in [2.24, 2.45) is 0 Å². The highest BCUT2D eigenvalue weighted by molar-refractivity contribution is 5.99. The average Bonchev–Trinajstić information content (AvgIpc) is 2.46. The van der Waals surface area contributed by atoms with E-state index in [1.165, 1.54) is 0 Å². The molecule has 1 aromatic rings. The lowest BCUT2D eigenvalue weighted by Crippen LogP contribution is -2.54. The first-order valence-electron chi connectivity index (χ1n) is 6.09. The van der Waals surface area contributed by atoms with Gasteiger partial charge in [0.2, 0.25) is 0 Å². The molecule has 1 aromatic heterocycles. The third-order valence-electron chi connectivity index (χ3n) is 3.01. The lowest BCUT2D eigenvalue weighted by Gasteiger charge is -2.32. The van der Waals surface area contributed by atoms with Crippen LogP contribution in [0.3, 0.4) is 0 Å². The molecule has 7 nitrogen and oxygen atoms in total. The van der Waals surface area contributed by atoms with Gasteiger partial charge in [-0.05, 0) is 12.1 Å². The van der Waals surface area contributed by atoms with Gasteiger partial charge < -0.3 is 14.9 Å². The average molecular weight is 320 g/mol. The highest BCUT2D eigenvalue weighted by atomic mass is 19.4. The van der Waals surface area contributed by atoms with Gasteiger partial charge in [0, 0.05) is 6.20 Å².